The fourth-order valence-electron chi connectivity index (χ4n) is 1.81. The molecule has 2 nitrogen and oxygen atoms in total. The molecule has 1 aromatic rings. The van der Waals surface area contributed by atoms with Crippen molar-refractivity contribution in [1.82, 2.24) is 0 Å². The van der Waals surface area contributed by atoms with E-state index in [4.69, 9.17) is 16.3 Å². The van der Waals surface area contributed by atoms with Gasteiger partial charge in [-0.3, -0.25) is 0 Å². The highest BCUT2D eigenvalue weighted by molar-refractivity contribution is 6.30. The number of hydrogen-bond acceptors (Lipinski definition) is 2. The number of halogens is 1. The number of aliphatic hydroxyl groups is 1. The molecule has 0 bridgehead atoms. The summed E-state index contributed by atoms with van der Waals surface area (Å²) < 4.78 is 5.37. The standard InChI is InChI=1S/C15H21ClO2/c1-11-9-13(16)10-12(14(11)18-4)7-5-6-8-15(2,3)17/h5,7,9-10,17H,6,8H2,1-4H3/b7-5+. The highest BCUT2D eigenvalue weighted by Gasteiger charge is 2.10. The van der Waals surface area contributed by atoms with E-state index < -0.39 is 5.60 Å². The second-order valence-corrected chi connectivity index (χ2v) is 5.54. The summed E-state index contributed by atoms with van der Waals surface area (Å²) >= 11 is 6.04. The van der Waals surface area contributed by atoms with Gasteiger partial charge in [0.1, 0.15) is 5.75 Å². The third kappa shape index (κ3) is 4.71. The Labute approximate surface area is 114 Å². The topological polar surface area (TPSA) is 29.5 Å². The first-order valence-electron chi connectivity index (χ1n) is 6.06. The second-order valence-electron chi connectivity index (χ2n) is 5.10. The van der Waals surface area contributed by atoms with E-state index in [0.717, 1.165) is 29.7 Å². The summed E-state index contributed by atoms with van der Waals surface area (Å²) in [7, 11) is 1.66. The van der Waals surface area contributed by atoms with Crippen LogP contribution >= 0.6 is 11.6 Å². The molecule has 0 amide bonds. The van der Waals surface area contributed by atoms with Gasteiger partial charge in [-0.2, -0.15) is 0 Å². The third-order valence-corrected chi connectivity index (χ3v) is 2.91. The summed E-state index contributed by atoms with van der Waals surface area (Å²) in [6.45, 7) is 5.59. The van der Waals surface area contributed by atoms with Crippen LogP contribution < -0.4 is 4.74 Å². The van der Waals surface area contributed by atoms with E-state index in [1.807, 2.05) is 45.1 Å². The van der Waals surface area contributed by atoms with Crippen LogP contribution in [0.25, 0.3) is 6.08 Å². The summed E-state index contributed by atoms with van der Waals surface area (Å²) in [5, 5.41) is 10.3. The summed E-state index contributed by atoms with van der Waals surface area (Å²) in [6.07, 6.45) is 5.57. The van der Waals surface area contributed by atoms with Gasteiger partial charge < -0.3 is 9.84 Å². The second kappa shape index (κ2) is 6.26. The van der Waals surface area contributed by atoms with Gasteiger partial charge in [0.05, 0.1) is 12.7 Å². The molecule has 0 heterocycles. The monoisotopic (exact) mass is 268 g/mol. The van der Waals surface area contributed by atoms with Gasteiger partial charge in [0.15, 0.2) is 0 Å². The van der Waals surface area contributed by atoms with Crippen molar-refractivity contribution in [2.45, 2.75) is 39.2 Å². The predicted octanol–water partition coefficient (Wildman–Crippen LogP) is 4.22. The van der Waals surface area contributed by atoms with E-state index in [9.17, 15) is 5.11 Å². The van der Waals surface area contributed by atoms with Crippen molar-refractivity contribution in [1.29, 1.82) is 0 Å². The van der Waals surface area contributed by atoms with E-state index in [1.54, 1.807) is 7.11 Å². The first-order valence-corrected chi connectivity index (χ1v) is 6.44. The molecule has 0 aliphatic rings. The molecule has 0 unspecified atom stereocenters. The average Bonchev–Trinajstić information content (AvgIpc) is 2.22. The summed E-state index contributed by atoms with van der Waals surface area (Å²) in [6, 6.07) is 3.77. The SMILES string of the molecule is COc1c(C)cc(Cl)cc1/C=C/CCC(C)(C)O. The maximum absolute atomic E-state index is 9.62. The van der Waals surface area contributed by atoms with Crippen LogP contribution in [0.3, 0.4) is 0 Å². The van der Waals surface area contributed by atoms with Crippen molar-refractivity contribution in [3.8, 4) is 5.75 Å². The van der Waals surface area contributed by atoms with Gasteiger partial charge in [-0.1, -0.05) is 23.8 Å². The minimum Gasteiger partial charge on any atom is -0.496 e. The molecule has 18 heavy (non-hydrogen) atoms. The lowest BCUT2D eigenvalue weighted by atomic mass is 10.0. The Balaban J connectivity index is 2.80. The maximum atomic E-state index is 9.62. The maximum Gasteiger partial charge on any atom is 0.129 e. The van der Waals surface area contributed by atoms with E-state index in [-0.39, 0.29) is 0 Å². The minimum atomic E-state index is -0.626. The van der Waals surface area contributed by atoms with Gasteiger partial charge >= 0.3 is 0 Å². The fourth-order valence-corrected chi connectivity index (χ4v) is 2.09. The van der Waals surface area contributed by atoms with Crippen LogP contribution in [-0.4, -0.2) is 17.8 Å². The third-order valence-electron chi connectivity index (χ3n) is 2.69. The lowest BCUT2D eigenvalue weighted by Gasteiger charge is -2.15. The van der Waals surface area contributed by atoms with Crippen LogP contribution in [-0.2, 0) is 0 Å². The summed E-state index contributed by atoms with van der Waals surface area (Å²) in [5.41, 5.74) is 1.36. The molecule has 0 radical (unpaired) electrons. The average molecular weight is 269 g/mol. The van der Waals surface area contributed by atoms with Gasteiger partial charge in [0, 0.05) is 10.6 Å². The van der Waals surface area contributed by atoms with Crippen LogP contribution in [0.1, 0.15) is 37.8 Å². The summed E-state index contributed by atoms with van der Waals surface area (Å²) in [4.78, 5) is 0. The highest BCUT2D eigenvalue weighted by atomic mass is 35.5. The minimum absolute atomic E-state index is 0.626. The zero-order chi connectivity index (χ0) is 13.8. The molecular weight excluding hydrogens is 248 g/mol. The molecule has 0 saturated heterocycles. The Morgan fingerprint density at radius 2 is 2.06 bits per heavy atom. The molecule has 1 N–H and O–H groups in total. The molecule has 1 aromatic carbocycles. The van der Waals surface area contributed by atoms with E-state index in [0.29, 0.717) is 5.02 Å². The van der Waals surface area contributed by atoms with Crippen molar-refractivity contribution < 1.29 is 9.84 Å². The van der Waals surface area contributed by atoms with Crippen LogP contribution in [0.2, 0.25) is 5.02 Å². The van der Waals surface area contributed by atoms with Crippen LogP contribution in [0.4, 0.5) is 0 Å². The van der Waals surface area contributed by atoms with E-state index in [1.165, 1.54) is 0 Å². The smallest absolute Gasteiger partial charge is 0.129 e. The lowest BCUT2D eigenvalue weighted by molar-refractivity contribution is 0.0722. The Hall–Kier alpha value is -0.990. The van der Waals surface area contributed by atoms with E-state index >= 15 is 0 Å². The van der Waals surface area contributed by atoms with Crippen molar-refractivity contribution in [2.75, 3.05) is 7.11 Å². The molecule has 0 spiro atoms. The predicted molar refractivity (Wildman–Crippen MR) is 77.3 cm³/mol. The van der Waals surface area contributed by atoms with Crippen molar-refractivity contribution in [3.05, 3.63) is 34.4 Å². The Morgan fingerprint density at radius 1 is 1.39 bits per heavy atom. The van der Waals surface area contributed by atoms with Gasteiger partial charge in [-0.15, -0.1) is 0 Å². The normalized spacial score (nSPS) is 12.1. The van der Waals surface area contributed by atoms with Gasteiger partial charge in [-0.25, -0.2) is 0 Å². The molecule has 0 aliphatic carbocycles. The molecule has 100 valence electrons. The van der Waals surface area contributed by atoms with Crippen LogP contribution in [0.15, 0.2) is 18.2 Å². The number of hydrogen-bond donors (Lipinski definition) is 1. The van der Waals surface area contributed by atoms with Crippen molar-refractivity contribution in [2.24, 2.45) is 0 Å². The van der Waals surface area contributed by atoms with E-state index in [2.05, 4.69) is 0 Å². The molecule has 0 fully saturated rings. The van der Waals surface area contributed by atoms with Crippen molar-refractivity contribution in [3.63, 3.8) is 0 Å². The largest absolute Gasteiger partial charge is 0.496 e. The number of rotatable bonds is 5. The highest BCUT2D eigenvalue weighted by Crippen LogP contribution is 2.28. The molecule has 0 aromatic heterocycles. The van der Waals surface area contributed by atoms with Crippen molar-refractivity contribution >= 4 is 17.7 Å². The van der Waals surface area contributed by atoms with Gasteiger partial charge in [-0.05, 0) is 51.3 Å². The molecule has 0 aliphatic heterocycles. The Kier molecular flexibility index (Phi) is 5.24. The van der Waals surface area contributed by atoms with Gasteiger partial charge in [0.25, 0.3) is 0 Å². The molecule has 0 atom stereocenters. The fraction of sp³-hybridized carbons (Fsp3) is 0.467. The molecular formula is C15H21ClO2. The number of allylic oxidation sites excluding steroid dienone is 1. The Bertz CT molecular complexity index is 431. The quantitative estimate of drug-likeness (QED) is 0.866. The lowest BCUT2D eigenvalue weighted by Crippen LogP contribution is -2.17. The zero-order valence-electron chi connectivity index (χ0n) is 11.5. The van der Waals surface area contributed by atoms with Gasteiger partial charge in [0.2, 0.25) is 0 Å². The number of ether oxygens (including phenoxy) is 1. The number of aryl methyl sites for hydroxylation is 1. The zero-order valence-corrected chi connectivity index (χ0v) is 12.2. The molecule has 1 rings (SSSR count). The first kappa shape index (κ1) is 15.1. The summed E-state index contributed by atoms with van der Waals surface area (Å²) in [5.74, 6) is 0.846. The van der Waals surface area contributed by atoms with Crippen LogP contribution in [0, 0.1) is 6.92 Å². The molecule has 0 saturated carbocycles. The first-order chi connectivity index (χ1) is 8.33. The number of methoxy groups -OCH3 is 1. The Morgan fingerprint density at radius 3 is 2.61 bits per heavy atom. The van der Waals surface area contributed by atoms with Crippen LogP contribution in [0.5, 0.6) is 5.75 Å². The number of benzene rings is 1. The molecule has 3 heteroatoms.